The third-order valence-corrected chi connectivity index (χ3v) is 4.72. The summed E-state index contributed by atoms with van der Waals surface area (Å²) in [5.74, 6) is 1.45. The minimum absolute atomic E-state index is 0.626. The summed E-state index contributed by atoms with van der Waals surface area (Å²) in [6.45, 7) is 0. The maximum Gasteiger partial charge on any atom is 0.235 e. The predicted molar refractivity (Wildman–Crippen MR) is 91.1 cm³/mol. The van der Waals surface area contributed by atoms with E-state index >= 15 is 0 Å². The van der Waals surface area contributed by atoms with E-state index in [2.05, 4.69) is 15.3 Å². The molecule has 114 valence electrons. The number of aromatic nitrogens is 4. The number of hydrogen-bond donors (Lipinski definition) is 0. The Morgan fingerprint density at radius 3 is 2.57 bits per heavy atom. The molecule has 2 heterocycles. The highest BCUT2D eigenvalue weighted by atomic mass is 35.5. The lowest BCUT2D eigenvalue weighted by atomic mass is 10.2. The van der Waals surface area contributed by atoms with E-state index in [1.165, 1.54) is 11.3 Å². The molecule has 0 amide bonds. The van der Waals surface area contributed by atoms with Crippen molar-refractivity contribution in [1.82, 2.24) is 19.8 Å². The van der Waals surface area contributed by atoms with Gasteiger partial charge in [0.05, 0.1) is 12.1 Å². The topological polar surface area (TPSA) is 52.3 Å². The molecule has 0 radical (unpaired) electrons. The maximum atomic E-state index is 6.25. The number of benzene rings is 2. The van der Waals surface area contributed by atoms with Gasteiger partial charge in [-0.1, -0.05) is 35.1 Å². The van der Waals surface area contributed by atoms with E-state index in [0.29, 0.717) is 10.8 Å². The van der Waals surface area contributed by atoms with Gasteiger partial charge in [-0.3, -0.25) is 0 Å². The van der Waals surface area contributed by atoms with Crippen LogP contribution in [-0.4, -0.2) is 26.9 Å². The van der Waals surface area contributed by atoms with Crippen LogP contribution in [0, 0.1) is 0 Å². The average Bonchev–Trinajstić information content (AvgIpc) is 3.16. The number of halogens is 1. The number of methoxy groups -OCH3 is 1. The van der Waals surface area contributed by atoms with E-state index in [1.54, 1.807) is 11.6 Å². The molecule has 23 heavy (non-hydrogen) atoms. The van der Waals surface area contributed by atoms with Gasteiger partial charge in [0.25, 0.3) is 0 Å². The highest BCUT2D eigenvalue weighted by Crippen LogP contribution is 2.31. The van der Waals surface area contributed by atoms with Gasteiger partial charge < -0.3 is 4.74 Å². The van der Waals surface area contributed by atoms with E-state index in [1.807, 2.05) is 48.5 Å². The summed E-state index contributed by atoms with van der Waals surface area (Å²) in [5.41, 5.74) is 1.82. The van der Waals surface area contributed by atoms with Crippen molar-refractivity contribution >= 4 is 27.9 Å². The molecule has 4 aromatic rings. The third-order valence-electron chi connectivity index (χ3n) is 3.44. The SMILES string of the molecule is COc1ccc(-c2nn3c(-c4ccccc4Cl)nnc3s2)cc1. The molecule has 0 aliphatic heterocycles. The van der Waals surface area contributed by atoms with Crippen LogP contribution in [0.2, 0.25) is 5.02 Å². The fraction of sp³-hybridized carbons (Fsp3) is 0.0625. The normalized spacial score (nSPS) is 11.0. The molecule has 0 atom stereocenters. The Kier molecular flexibility index (Phi) is 3.48. The molecule has 0 fully saturated rings. The number of ether oxygens (including phenoxy) is 1. The molecule has 7 heteroatoms. The largest absolute Gasteiger partial charge is 0.497 e. The quantitative estimate of drug-likeness (QED) is 0.560. The lowest BCUT2D eigenvalue weighted by Crippen LogP contribution is -1.91. The van der Waals surface area contributed by atoms with Crippen LogP contribution in [0.1, 0.15) is 0 Å². The van der Waals surface area contributed by atoms with Crippen LogP contribution >= 0.6 is 22.9 Å². The van der Waals surface area contributed by atoms with Gasteiger partial charge >= 0.3 is 0 Å². The van der Waals surface area contributed by atoms with E-state index < -0.39 is 0 Å². The van der Waals surface area contributed by atoms with Crippen LogP contribution in [0.4, 0.5) is 0 Å². The van der Waals surface area contributed by atoms with Gasteiger partial charge in [0.1, 0.15) is 10.8 Å². The van der Waals surface area contributed by atoms with Crippen molar-refractivity contribution in [3.63, 3.8) is 0 Å². The Morgan fingerprint density at radius 2 is 1.83 bits per heavy atom. The summed E-state index contributed by atoms with van der Waals surface area (Å²) in [6.07, 6.45) is 0. The van der Waals surface area contributed by atoms with Crippen molar-refractivity contribution in [2.45, 2.75) is 0 Å². The highest BCUT2D eigenvalue weighted by molar-refractivity contribution is 7.19. The second-order valence-corrected chi connectivity index (χ2v) is 6.20. The highest BCUT2D eigenvalue weighted by Gasteiger charge is 2.16. The van der Waals surface area contributed by atoms with Gasteiger partial charge in [-0.05, 0) is 36.4 Å². The molecule has 0 saturated heterocycles. The third kappa shape index (κ3) is 2.46. The number of hydrogen-bond acceptors (Lipinski definition) is 5. The molecular weight excluding hydrogens is 332 g/mol. The minimum atomic E-state index is 0.626. The molecule has 0 aliphatic rings. The van der Waals surface area contributed by atoms with Crippen molar-refractivity contribution in [3.05, 3.63) is 53.6 Å². The summed E-state index contributed by atoms with van der Waals surface area (Å²) in [4.78, 5) is 0.728. The van der Waals surface area contributed by atoms with Crippen molar-refractivity contribution in [3.8, 4) is 27.7 Å². The van der Waals surface area contributed by atoms with Gasteiger partial charge in [-0.25, -0.2) is 0 Å². The summed E-state index contributed by atoms with van der Waals surface area (Å²) >= 11 is 7.73. The van der Waals surface area contributed by atoms with Crippen LogP contribution in [-0.2, 0) is 0 Å². The van der Waals surface area contributed by atoms with Crippen molar-refractivity contribution < 1.29 is 4.74 Å². The summed E-state index contributed by atoms with van der Waals surface area (Å²) in [6, 6.07) is 15.3. The molecule has 0 unspecified atom stereocenters. The first kappa shape index (κ1) is 14.2. The van der Waals surface area contributed by atoms with Crippen molar-refractivity contribution in [2.24, 2.45) is 0 Å². The van der Waals surface area contributed by atoms with Gasteiger partial charge in [0.2, 0.25) is 4.96 Å². The van der Waals surface area contributed by atoms with Crippen molar-refractivity contribution in [1.29, 1.82) is 0 Å². The van der Waals surface area contributed by atoms with E-state index in [0.717, 1.165) is 26.8 Å². The molecule has 0 bridgehead atoms. The Hall–Kier alpha value is -2.44. The van der Waals surface area contributed by atoms with Crippen LogP contribution in [0.25, 0.3) is 26.9 Å². The molecule has 0 spiro atoms. The van der Waals surface area contributed by atoms with Gasteiger partial charge in [0, 0.05) is 11.1 Å². The van der Waals surface area contributed by atoms with Gasteiger partial charge in [0.15, 0.2) is 5.82 Å². The zero-order chi connectivity index (χ0) is 15.8. The summed E-state index contributed by atoms with van der Waals surface area (Å²) in [7, 11) is 1.65. The molecule has 0 N–H and O–H groups in total. The van der Waals surface area contributed by atoms with Crippen LogP contribution in [0.15, 0.2) is 48.5 Å². The molecule has 4 rings (SSSR count). The fourth-order valence-corrected chi connectivity index (χ4v) is 3.34. The van der Waals surface area contributed by atoms with Gasteiger partial charge in [-0.15, -0.1) is 10.2 Å². The minimum Gasteiger partial charge on any atom is -0.497 e. The summed E-state index contributed by atoms with van der Waals surface area (Å²) < 4.78 is 6.91. The first-order chi connectivity index (χ1) is 11.3. The monoisotopic (exact) mass is 342 g/mol. The number of fused-ring (bicyclic) bond motifs is 1. The second kappa shape index (κ2) is 5.64. The summed E-state index contributed by atoms with van der Waals surface area (Å²) in [5, 5.41) is 14.5. The Balaban J connectivity index is 1.81. The zero-order valence-corrected chi connectivity index (χ0v) is 13.7. The first-order valence-electron chi connectivity index (χ1n) is 6.88. The second-order valence-electron chi connectivity index (χ2n) is 4.83. The molecule has 5 nitrogen and oxygen atoms in total. The Morgan fingerprint density at radius 1 is 1.04 bits per heavy atom. The van der Waals surface area contributed by atoms with E-state index in [-0.39, 0.29) is 0 Å². The number of nitrogens with zero attached hydrogens (tertiary/aromatic N) is 4. The van der Waals surface area contributed by atoms with Crippen LogP contribution in [0.5, 0.6) is 5.75 Å². The van der Waals surface area contributed by atoms with E-state index in [9.17, 15) is 0 Å². The Labute approximate surface area is 141 Å². The zero-order valence-electron chi connectivity index (χ0n) is 12.1. The van der Waals surface area contributed by atoms with Gasteiger partial charge in [-0.2, -0.15) is 9.61 Å². The average molecular weight is 343 g/mol. The van der Waals surface area contributed by atoms with Crippen LogP contribution < -0.4 is 4.74 Å². The molecule has 0 aliphatic carbocycles. The van der Waals surface area contributed by atoms with Crippen LogP contribution in [0.3, 0.4) is 0 Å². The lowest BCUT2D eigenvalue weighted by Gasteiger charge is -2.00. The molecule has 0 saturated carbocycles. The molecule has 2 aromatic carbocycles. The Bertz CT molecular complexity index is 977. The number of rotatable bonds is 3. The first-order valence-corrected chi connectivity index (χ1v) is 8.07. The molecule has 2 aromatic heterocycles. The van der Waals surface area contributed by atoms with Crippen molar-refractivity contribution in [2.75, 3.05) is 7.11 Å². The standard InChI is InChI=1S/C16H11ClN4OS/c1-22-11-8-6-10(7-9-11)15-20-21-14(18-19-16(21)23-15)12-4-2-3-5-13(12)17/h2-9H,1H3. The maximum absolute atomic E-state index is 6.25. The smallest absolute Gasteiger partial charge is 0.235 e. The molecular formula is C16H11ClN4OS. The fourth-order valence-electron chi connectivity index (χ4n) is 2.28. The lowest BCUT2D eigenvalue weighted by molar-refractivity contribution is 0.415. The van der Waals surface area contributed by atoms with E-state index in [4.69, 9.17) is 16.3 Å². The predicted octanol–water partition coefficient (Wildman–Crippen LogP) is 4.18.